The first-order chi connectivity index (χ1) is 14.2. The van der Waals surface area contributed by atoms with E-state index in [9.17, 15) is 22.8 Å². The first kappa shape index (κ1) is 22.5. The van der Waals surface area contributed by atoms with E-state index in [1.54, 1.807) is 7.05 Å². The second-order valence-corrected chi connectivity index (χ2v) is 8.60. The fourth-order valence-corrected chi connectivity index (χ4v) is 4.52. The lowest BCUT2D eigenvalue weighted by atomic mass is 9.93. The minimum atomic E-state index is -4.76. The van der Waals surface area contributed by atoms with Crippen molar-refractivity contribution >= 4 is 33.2 Å². The van der Waals surface area contributed by atoms with Crippen LogP contribution in [0, 0.1) is 5.92 Å². The van der Waals surface area contributed by atoms with Gasteiger partial charge in [-0.3, -0.25) is 9.59 Å². The largest absolute Gasteiger partial charge is 0.573 e. The van der Waals surface area contributed by atoms with Crippen LogP contribution in [0.4, 0.5) is 13.2 Å². The van der Waals surface area contributed by atoms with E-state index in [1.807, 2.05) is 0 Å². The normalized spacial score (nSPS) is 15.3. The first-order valence-electron chi connectivity index (χ1n) is 9.81. The lowest BCUT2D eigenvalue weighted by Crippen LogP contribution is -2.33. The maximum atomic E-state index is 12.4. The number of piperidine rings is 1. The van der Waals surface area contributed by atoms with Crippen LogP contribution in [-0.2, 0) is 16.0 Å². The van der Waals surface area contributed by atoms with E-state index in [0.717, 1.165) is 43.7 Å². The summed E-state index contributed by atoms with van der Waals surface area (Å²) in [6, 6.07) is 3.87. The van der Waals surface area contributed by atoms with Crippen LogP contribution in [0.15, 0.2) is 18.2 Å². The zero-order valence-electron chi connectivity index (χ0n) is 16.6. The fourth-order valence-electron chi connectivity index (χ4n) is 3.49. The number of nitrogens with zero attached hydrogens (tertiary/aromatic N) is 2. The maximum absolute atomic E-state index is 12.4. The van der Waals surface area contributed by atoms with E-state index < -0.39 is 6.36 Å². The topological polar surface area (TPSA) is 71.5 Å². The third-order valence-electron chi connectivity index (χ3n) is 5.05. The molecule has 0 unspecified atom stereocenters. The predicted molar refractivity (Wildman–Crippen MR) is 107 cm³/mol. The average Bonchev–Trinajstić information content (AvgIpc) is 3.06. The number of carbonyl (C=O) groups excluding carboxylic acids is 2. The van der Waals surface area contributed by atoms with Crippen molar-refractivity contribution in [3.8, 4) is 5.75 Å². The van der Waals surface area contributed by atoms with E-state index in [4.69, 9.17) is 0 Å². The number of rotatable bonds is 8. The number of ether oxygens (including phenoxy) is 1. The van der Waals surface area contributed by atoms with Crippen LogP contribution in [0.2, 0.25) is 0 Å². The standard InChI is InChI=1S/C20H24F3N3O3S/c1-26(19(28)5-2-13-6-8-24-9-7-13)12-14(27)10-18-25-16-4-3-15(11-17(16)30-18)29-20(21,22)23/h3-4,11,13,24H,2,5-10,12H2,1H3. The quantitative estimate of drug-likeness (QED) is 0.676. The van der Waals surface area contributed by atoms with Crippen molar-refractivity contribution in [3.05, 3.63) is 23.2 Å². The van der Waals surface area contributed by atoms with Gasteiger partial charge in [-0.2, -0.15) is 0 Å². The Morgan fingerprint density at radius 3 is 2.73 bits per heavy atom. The molecule has 0 bridgehead atoms. The van der Waals surface area contributed by atoms with E-state index in [2.05, 4.69) is 15.0 Å². The smallest absolute Gasteiger partial charge is 0.406 e. The third-order valence-corrected chi connectivity index (χ3v) is 6.07. The molecule has 30 heavy (non-hydrogen) atoms. The molecule has 0 spiro atoms. The van der Waals surface area contributed by atoms with Crippen LogP contribution in [0.3, 0.4) is 0 Å². The summed E-state index contributed by atoms with van der Waals surface area (Å²) >= 11 is 1.14. The third kappa shape index (κ3) is 6.66. The number of alkyl halides is 3. The van der Waals surface area contributed by atoms with Gasteiger partial charge in [0, 0.05) is 13.5 Å². The number of amides is 1. The molecule has 1 aliphatic heterocycles. The number of aromatic nitrogens is 1. The van der Waals surface area contributed by atoms with Crippen LogP contribution in [0.5, 0.6) is 5.75 Å². The second kappa shape index (κ2) is 9.74. The van der Waals surface area contributed by atoms with Crippen LogP contribution in [0.1, 0.15) is 30.7 Å². The van der Waals surface area contributed by atoms with E-state index >= 15 is 0 Å². The lowest BCUT2D eigenvalue weighted by Gasteiger charge is -2.23. The molecule has 6 nitrogen and oxygen atoms in total. The Labute approximate surface area is 176 Å². The molecule has 1 aromatic carbocycles. The summed E-state index contributed by atoms with van der Waals surface area (Å²) in [4.78, 5) is 30.4. The van der Waals surface area contributed by atoms with Gasteiger partial charge >= 0.3 is 6.36 Å². The molecule has 0 atom stereocenters. The SMILES string of the molecule is CN(CC(=O)Cc1nc2ccc(OC(F)(F)F)cc2s1)C(=O)CCC1CCNCC1. The lowest BCUT2D eigenvalue weighted by molar-refractivity contribution is -0.274. The number of carbonyl (C=O) groups is 2. The summed E-state index contributed by atoms with van der Waals surface area (Å²) in [6.45, 7) is 1.96. The van der Waals surface area contributed by atoms with Crippen LogP contribution < -0.4 is 10.1 Å². The molecule has 164 valence electrons. The second-order valence-electron chi connectivity index (χ2n) is 7.48. The highest BCUT2D eigenvalue weighted by Crippen LogP contribution is 2.30. The van der Waals surface area contributed by atoms with Crippen LogP contribution >= 0.6 is 11.3 Å². The van der Waals surface area contributed by atoms with Crippen molar-refractivity contribution < 1.29 is 27.5 Å². The molecule has 0 aliphatic carbocycles. The highest BCUT2D eigenvalue weighted by Gasteiger charge is 2.31. The number of thiazole rings is 1. The van der Waals surface area contributed by atoms with Gasteiger partial charge < -0.3 is 15.0 Å². The van der Waals surface area contributed by atoms with Crippen molar-refractivity contribution in [1.29, 1.82) is 0 Å². The number of nitrogens with one attached hydrogen (secondary N) is 1. The Hall–Kier alpha value is -2.20. The Kier molecular flexibility index (Phi) is 7.30. The summed E-state index contributed by atoms with van der Waals surface area (Å²) in [5.41, 5.74) is 0.503. The number of ketones is 1. The minimum absolute atomic E-state index is 0.0105. The van der Waals surface area contributed by atoms with Gasteiger partial charge in [-0.15, -0.1) is 24.5 Å². The van der Waals surface area contributed by atoms with E-state index in [0.29, 0.717) is 27.6 Å². The molecule has 1 aliphatic rings. The summed E-state index contributed by atoms with van der Waals surface area (Å²) in [5, 5.41) is 3.79. The predicted octanol–water partition coefficient (Wildman–Crippen LogP) is 3.54. The molecule has 1 saturated heterocycles. The van der Waals surface area contributed by atoms with Gasteiger partial charge in [-0.1, -0.05) is 0 Å². The monoisotopic (exact) mass is 443 g/mol. The zero-order valence-corrected chi connectivity index (χ0v) is 17.4. The molecule has 1 N–H and O–H groups in total. The van der Waals surface area contributed by atoms with Crippen molar-refractivity contribution in [2.45, 2.75) is 38.5 Å². The van der Waals surface area contributed by atoms with Crippen LogP contribution in [0.25, 0.3) is 10.2 Å². The minimum Gasteiger partial charge on any atom is -0.406 e. The summed E-state index contributed by atoms with van der Waals surface area (Å²) in [6.07, 6.45) is -1.33. The molecule has 2 aromatic rings. The van der Waals surface area contributed by atoms with Gasteiger partial charge in [0.25, 0.3) is 0 Å². The molecule has 1 amide bonds. The van der Waals surface area contributed by atoms with Gasteiger partial charge in [-0.05, 0) is 56.5 Å². The molecule has 0 saturated carbocycles. The van der Waals surface area contributed by atoms with Gasteiger partial charge in [0.15, 0.2) is 5.78 Å². The average molecular weight is 443 g/mol. The van der Waals surface area contributed by atoms with Gasteiger partial charge in [0.1, 0.15) is 10.8 Å². The summed E-state index contributed by atoms with van der Waals surface area (Å²) in [5.74, 6) is 0.00234. The molecule has 0 radical (unpaired) electrons. The van der Waals surface area contributed by atoms with Crippen molar-refractivity contribution in [1.82, 2.24) is 15.2 Å². The Morgan fingerprint density at radius 2 is 2.03 bits per heavy atom. The molecule has 3 rings (SSSR count). The van der Waals surface area contributed by atoms with E-state index in [1.165, 1.54) is 23.1 Å². The van der Waals surface area contributed by atoms with Gasteiger partial charge in [0.05, 0.1) is 23.2 Å². The maximum Gasteiger partial charge on any atom is 0.573 e. The molecule has 1 fully saturated rings. The highest BCUT2D eigenvalue weighted by molar-refractivity contribution is 7.18. The highest BCUT2D eigenvalue weighted by atomic mass is 32.1. The van der Waals surface area contributed by atoms with Gasteiger partial charge in [0.2, 0.25) is 5.91 Å². The van der Waals surface area contributed by atoms with Crippen molar-refractivity contribution in [2.24, 2.45) is 5.92 Å². The fraction of sp³-hybridized carbons (Fsp3) is 0.550. The molecular formula is C20H24F3N3O3S. The number of hydrogen-bond donors (Lipinski definition) is 1. The summed E-state index contributed by atoms with van der Waals surface area (Å²) < 4.78 is 41.5. The summed E-state index contributed by atoms with van der Waals surface area (Å²) in [7, 11) is 1.61. The Morgan fingerprint density at radius 1 is 1.30 bits per heavy atom. The number of fused-ring (bicyclic) bond motifs is 1. The molecule has 2 heterocycles. The first-order valence-corrected chi connectivity index (χ1v) is 10.6. The zero-order chi connectivity index (χ0) is 21.7. The number of hydrogen-bond acceptors (Lipinski definition) is 6. The molecular weight excluding hydrogens is 419 g/mol. The number of benzene rings is 1. The molecule has 1 aromatic heterocycles. The van der Waals surface area contributed by atoms with Crippen molar-refractivity contribution in [3.63, 3.8) is 0 Å². The Balaban J connectivity index is 1.50. The molecule has 10 heteroatoms. The number of halogens is 3. The Bertz CT molecular complexity index is 894. The number of Topliss-reactive ketones (excluding diaryl/α,β-unsaturated/α-hetero) is 1. The van der Waals surface area contributed by atoms with Crippen LogP contribution in [-0.4, -0.2) is 54.6 Å². The van der Waals surface area contributed by atoms with Crippen molar-refractivity contribution in [2.75, 3.05) is 26.7 Å². The van der Waals surface area contributed by atoms with E-state index in [-0.39, 0.29) is 30.4 Å². The number of likely N-dealkylation sites (N-methyl/N-ethyl adjacent to an activating group) is 1. The van der Waals surface area contributed by atoms with Gasteiger partial charge in [-0.25, -0.2) is 4.98 Å².